The maximum Gasteiger partial charge on any atom is 0.188 e. The molecule has 0 N–H and O–H groups in total. The average molecular weight is 272 g/mol. The number of furan rings is 1. The van der Waals surface area contributed by atoms with Gasteiger partial charge < -0.3 is 4.42 Å². The van der Waals surface area contributed by atoms with Crippen LogP contribution in [0.25, 0.3) is 11.5 Å². The van der Waals surface area contributed by atoms with Crippen LogP contribution in [0, 0.1) is 0 Å². The Balaban J connectivity index is 2.38. The lowest BCUT2D eigenvalue weighted by Crippen LogP contribution is -1.89. The minimum atomic E-state index is -0.0214. The Morgan fingerprint density at radius 3 is 2.86 bits per heavy atom. The Kier molecular flexibility index (Phi) is 2.52. The lowest BCUT2D eigenvalue weighted by Gasteiger charge is -1.87. The van der Waals surface area contributed by atoms with Crippen LogP contribution in [0.15, 0.2) is 26.6 Å². The molecule has 0 atom stereocenters. The van der Waals surface area contributed by atoms with Crippen molar-refractivity contribution in [2.24, 2.45) is 0 Å². The highest BCUT2D eigenvalue weighted by Gasteiger charge is 2.10. The van der Waals surface area contributed by atoms with Gasteiger partial charge in [0.1, 0.15) is 5.69 Å². The monoisotopic (exact) mass is 271 g/mol. The molecule has 0 amide bonds. The van der Waals surface area contributed by atoms with Gasteiger partial charge in [-0.1, -0.05) is 0 Å². The maximum absolute atomic E-state index is 11.0. The van der Waals surface area contributed by atoms with E-state index in [2.05, 4.69) is 20.9 Å². The molecule has 0 fully saturated rings. The van der Waals surface area contributed by atoms with E-state index in [9.17, 15) is 4.79 Å². The van der Waals surface area contributed by atoms with Gasteiger partial charge in [-0.25, -0.2) is 4.98 Å². The van der Waals surface area contributed by atoms with E-state index in [1.807, 2.05) is 11.4 Å². The molecule has 0 bridgehead atoms. The number of carbonyl (C=O) groups excluding carboxylic acids is 1. The summed E-state index contributed by atoms with van der Waals surface area (Å²) in [5.41, 5.74) is 0.700. The first-order valence-electron chi connectivity index (χ1n) is 3.89. The molecule has 5 heteroatoms. The highest BCUT2D eigenvalue weighted by Crippen LogP contribution is 2.26. The minimum absolute atomic E-state index is 0.0214. The summed E-state index contributed by atoms with van der Waals surface area (Å²) >= 11 is 4.53. The molecular weight excluding hydrogens is 266 g/mol. The molecule has 0 saturated heterocycles. The number of aromatic nitrogens is 1. The predicted molar refractivity (Wildman–Crippen MR) is 57.5 cm³/mol. The number of Topliss-reactive ketones (excluding diaryl/α,β-unsaturated/α-hetero) is 1. The number of hydrogen-bond donors (Lipinski definition) is 0. The molecule has 0 unspecified atom stereocenters. The van der Waals surface area contributed by atoms with E-state index in [0.717, 1.165) is 0 Å². The fraction of sp³-hybridized carbons (Fsp3) is 0.111. The van der Waals surface area contributed by atoms with Crippen LogP contribution in [0.1, 0.15) is 16.7 Å². The van der Waals surface area contributed by atoms with Crippen molar-refractivity contribution in [3.8, 4) is 11.5 Å². The molecule has 0 saturated carbocycles. The molecular formula is C9H6BrNO2S. The molecule has 2 aromatic rings. The Morgan fingerprint density at radius 1 is 1.57 bits per heavy atom. The minimum Gasteiger partial charge on any atom is -0.448 e. The van der Waals surface area contributed by atoms with Gasteiger partial charge in [0, 0.05) is 12.3 Å². The topological polar surface area (TPSA) is 43.1 Å². The molecule has 0 aliphatic heterocycles. The molecule has 72 valence electrons. The van der Waals surface area contributed by atoms with Crippen molar-refractivity contribution in [1.29, 1.82) is 0 Å². The molecule has 0 aliphatic carbocycles. The lowest BCUT2D eigenvalue weighted by atomic mass is 10.3. The molecule has 14 heavy (non-hydrogen) atoms. The fourth-order valence-electron chi connectivity index (χ4n) is 1.00. The van der Waals surface area contributed by atoms with Crippen LogP contribution < -0.4 is 0 Å². The van der Waals surface area contributed by atoms with E-state index in [-0.39, 0.29) is 5.78 Å². The molecule has 2 aromatic heterocycles. The zero-order valence-corrected chi connectivity index (χ0v) is 9.68. The summed E-state index contributed by atoms with van der Waals surface area (Å²) in [6.07, 6.45) is 0. The van der Waals surface area contributed by atoms with Crippen LogP contribution in [0.2, 0.25) is 0 Å². The number of thiazole rings is 1. The Morgan fingerprint density at radius 2 is 2.36 bits per heavy atom. The van der Waals surface area contributed by atoms with Crippen molar-refractivity contribution in [3.63, 3.8) is 0 Å². The van der Waals surface area contributed by atoms with E-state index in [1.165, 1.54) is 18.3 Å². The lowest BCUT2D eigenvalue weighted by molar-refractivity contribution is 0.101. The van der Waals surface area contributed by atoms with Gasteiger partial charge in [0.2, 0.25) is 0 Å². The molecule has 3 nitrogen and oxygen atoms in total. The van der Waals surface area contributed by atoms with Gasteiger partial charge >= 0.3 is 0 Å². The summed E-state index contributed by atoms with van der Waals surface area (Å²) in [6.45, 7) is 1.50. The normalized spacial score (nSPS) is 10.4. The molecule has 2 heterocycles. The van der Waals surface area contributed by atoms with Gasteiger partial charge in [-0.2, -0.15) is 0 Å². The zero-order valence-electron chi connectivity index (χ0n) is 7.28. The first kappa shape index (κ1) is 9.61. The highest BCUT2D eigenvalue weighted by atomic mass is 79.9. The number of ketones is 1. The van der Waals surface area contributed by atoms with Crippen molar-refractivity contribution in [2.45, 2.75) is 6.92 Å². The van der Waals surface area contributed by atoms with Crippen LogP contribution >= 0.6 is 27.3 Å². The quantitative estimate of drug-likeness (QED) is 0.787. The van der Waals surface area contributed by atoms with Gasteiger partial charge in [0.15, 0.2) is 21.2 Å². The summed E-state index contributed by atoms with van der Waals surface area (Å²) in [7, 11) is 0. The number of nitrogens with zero attached hydrogens (tertiary/aromatic N) is 1. The first-order chi connectivity index (χ1) is 6.66. The third kappa shape index (κ3) is 1.78. The van der Waals surface area contributed by atoms with Crippen LogP contribution in [-0.4, -0.2) is 10.8 Å². The fourth-order valence-corrected chi connectivity index (χ4v) is 2.02. The molecule has 0 spiro atoms. The van der Waals surface area contributed by atoms with E-state index >= 15 is 0 Å². The van der Waals surface area contributed by atoms with E-state index in [4.69, 9.17) is 4.42 Å². The van der Waals surface area contributed by atoms with Crippen molar-refractivity contribution in [2.75, 3.05) is 0 Å². The second kappa shape index (κ2) is 3.67. The number of halogens is 1. The molecule has 0 aromatic carbocycles. The first-order valence-corrected chi connectivity index (χ1v) is 5.56. The van der Waals surface area contributed by atoms with Gasteiger partial charge in [-0.15, -0.1) is 11.3 Å². The Hall–Kier alpha value is -0.940. The predicted octanol–water partition coefficient (Wildman–Crippen LogP) is 3.37. The summed E-state index contributed by atoms with van der Waals surface area (Å²) in [5, 5.41) is 2.31. The van der Waals surface area contributed by atoms with Gasteiger partial charge in [-0.05, 0) is 28.1 Å². The largest absolute Gasteiger partial charge is 0.448 e. The number of rotatable bonds is 2. The summed E-state index contributed by atoms with van der Waals surface area (Å²) in [5.74, 6) is 0.646. The zero-order chi connectivity index (χ0) is 10.1. The van der Waals surface area contributed by atoms with Crippen LogP contribution in [0.5, 0.6) is 0 Å². The van der Waals surface area contributed by atoms with Gasteiger partial charge in [-0.3, -0.25) is 4.79 Å². The third-order valence-electron chi connectivity index (χ3n) is 1.63. The summed E-state index contributed by atoms with van der Waals surface area (Å²) < 4.78 is 5.97. The standard InChI is InChI=1S/C9H6BrNO2S/c1-5(12)9-11-6(4-14-9)7-2-3-8(10)13-7/h2-4H,1H3. The average Bonchev–Trinajstić information content (AvgIpc) is 2.70. The SMILES string of the molecule is CC(=O)c1nc(-c2ccc(Br)o2)cs1. The smallest absolute Gasteiger partial charge is 0.188 e. The maximum atomic E-state index is 11.0. The van der Waals surface area contributed by atoms with Crippen molar-refractivity contribution < 1.29 is 9.21 Å². The van der Waals surface area contributed by atoms with Gasteiger partial charge in [0.05, 0.1) is 0 Å². The van der Waals surface area contributed by atoms with Gasteiger partial charge in [0.25, 0.3) is 0 Å². The second-order valence-electron chi connectivity index (χ2n) is 2.70. The molecule has 2 rings (SSSR count). The summed E-state index contributed by atoms with van der Waals surface area (Å²) in [6, 6.07) is 3.60. The van der Waals surface area contributed by atoms with Crippen molar-refractivity contribution in [1.82, 2.24) is 4.98 Å². The second-order valence-corrected chi connectivity index (χ2v) is 4.34. The number of carbonyl (C=O) groups is 1. The van der Waals surface area contributed by atoms with E-state index in [1.54, 1.807) is 6.07 Å². The van der Waals surface area contributed by atoms with Crippen LogP contribution in [-0.2, 0) is 0 Å². The Bertz CT molecular complexity index is 475. The third-order valence-corrected chi connectivity index (χ3v) is 3.00. The molecule has 0 aliphatic rings. The van der Waals surface area contributed by atoms with Crippen LogP contribution in [0.4, 0.5) is 0 Å². The van der Waals surface area contributed by atoms with Crippen molar-refractivity contribution in [3.05, 3.63) is 27.2 Å². The van der Waals surface area contributed by atoms with E-state index in [0.29, 0.717) is 21.1 Å². The van der Waals surface area contributed by atoms with Crippen molar-refractivity contribution >= 4 is 33.0 Å². The van der Waals surface area contributed by atoms with Crippen LogP contribution in [0.3, 0.4) is 0 Å². The summed E-state index contributed by atoms with van der Waals surface area (Å²) in [4.78, 5) is 15.2. The molecule has 0 radical (unpaired) electrons. The van der Waals surface area contributed by atoms with E-state index < -0.39 is 0 Å². The number of hydrogen-bond acceptors (Lipinski definition) is 4. The highest BCUT2D eigenvalue weighted by molar-refractivity contribution is 9.10. The Labute approximate surface area is 92.9 Å².